The lowest BCUT2D eigenvalue weighted by molar-refractivity contribution is -0.137. The molecule has 2 rings (SSSR count). The molecule has 0 bridgehead atoms. The normalized spacial score (nSPS) is 17.3. The quantitative estimate of drug-likeness (QED) is 0.671. The number of unbranched alkanes of at least 4 members (excludes halogenated alkanes) is 3. The first-order valence-corrected chi connectivity index (χ1v) is 8.79. The monoisotopic (exact) mass is 329 g/mol. The molecule has 1 fully saturated rings. The third-order valence-corrected chi connectivity index (χ3v) is 4.64. The fraction of sp³-hybridized carbons (Fsp3) is 0.500. The number of hydrogen-bond acceptors (Lipinski definition) is 2. The molecular weight excluding hydrogens is 302 g/mol. The van der Waals surface area contributed by atoms with Crippen molar-refractivity contribution in [1.29, 1.82) is 0 Å². The third-order valence-electron chi connectivity index (χ3n) is 4.64. The second kappa shape index (κ2) is 8.67. The van der Waals surface area contributed by atoms with Crippen LogP contribution in [0.5, 0.6) is 0 Å². The Morgan fingerprint density at radius 3 is 2.50 bits per heavy atom. The average molecular weight is 329 g/mol. The van der Waals surface area contributed by atoms with Crippen LogP contribution in [0.3, 0.4) is 0 Å². The summed E-state index contributed by atoms with van der Waals surface area (Å²) in [6.45, 7) is 5.92. The van der Waals surface area contributed by atoms with Crippen LogP contribution in [0.15, 0.2) is 30.8 Å². The highest BCUT2D eigenvalue weighted by atomic mass is 16.4. The smallest absolute Gasteiger partial charge is 0.303 e. The predicted octanol–water partition coefficient (Wildman–Crippen LogP) is 4.64. The van der Waals surface area contributed by atoms with Crippen molar-refractivity contribution in [2.75, 3.05) is 4.90 Å². The Hall–Kier alpha value is -2.10. The molecule has 4 heteroatoms. The lowest BCUT2D eigenvalue weighted by atomic mass is 10.0. The molecular formula is C20H27NO3. The van der Waals surface area contributed by atoms with Gasteiger partial charge < -0.3 is 10.0 Å². The van der Waals surface area contributed by atoms with E-state index in [4.69, 9.17) is 5.11 Å². The van der Waals surface area contributed by atoms with Crippen molar-refractivity contribution >= 4 is 23.1 Å². The average Bonchev–Trinajstić information content (AvgIpc) is 2.91. The van der Waals surface area contributed by atoms with Gasteiger partial charge in [0.1, 0.15) is 0 Å². The Balaban J connectivity index is 1.87. The zero-order chi connectivity index (χ0) is 17.5. The highest BCUT2D eigenvalue weighted by Gasteiger charge is 2.31. The number of rotatable bonds is 9. The van der Waals surface area contributed by atoms with E-state index in [1.807, 2.05) is 36.1 Å². The Kier molecular flexibility index (Phi) is 6.59. The predicted molar refractivity (Wildman–Crippen MR) is 97.0 cm³/mol. The van der Waals surface area contributed by atoms with Crippen LogP contribution in [0.4, 0.5) is 5.69 Å². The van der Waals surface area contributed by atoms with Gasteiger partial charge in [0.15, 0.2) is 0 Å². The first-order valence-electron chi connectivity index (χ1n) is 8.79. The Bertz CT molecular complexity index is 591. The molecule has 1 aliphatic rings. The van der Waals surface area contributed by atoms with Crippen LogP contribution in [-0.2, 0) is 9.59 Å². The lowest BCUT2D eigenvalue weighted by Gasteiger charge is -2.25. The molecule has 0 spiro atoms. The van der Waals surface area contributed by atoms with Crippen LogP contribution >= 0.6 is 0 Å². The summed E-state index contributed by atoms with van der Waals surface area (Å²) in [5.41, 5.74) is 3.09. The number of anilines is 1. The lowest BCUT2D eigenvalue weighted by Crippen LogP contribution is -2.32. The van der Waals surface area contributed by atoms with Crippen LogP contribution < -0.4 is 4.90 Å². The van der Waals surface area contributed by atoms with Gasteiger partial charge in [0.05, 0.1) is 0 Å². The molecule has 1 aliphatic heterocycles. The van der Waals surface area contributed by atoms with Crippen molar-refractivity contribution < 1.29 is 14.7 Å². The molecule has 1 saturated heterocycles. The Labute approximate surface area is 144 Å². The number of aliphatic carboxylic acids is 1. The zero-order valence-corrected chi connectivity index (χ0v) is 14.5. The minimum Gasteiger partial charge on any atom is -0.481 e. The summed E-state index contributed by atoms with van der Waals surface area (Å²) in [7, 11) is 0. The molecule has 1 N–H and O–H groups in total. The first kappa shape index (κ1) is 18.2. The summed E-state index contributed by atoms with van der Waals surface area (Å²) in [6, 6.07) is 8.33. The largest absolute Gasteiger partial charge is 0.481 e. The molecule has 0 aromatic heterocycles. The van der Waals surface area contributed by atoms with Gasteiger partial charge >= 0.3 is 5.97 Å². The van der Waals surface area contributed by atoms with Gasteiger partial charge in [0.25, 0.3) is 0 Å². The van der Waals surface area contributed by atoms with Gasteiger partial charge in [-0.15, -0.1) is 0 Å². The number of hydrogen-bond donors (Lipinski definition) is 1. The molecule has 0 saturated carbocycles. The van der Waals surface area contributed by atoms with E-state index in [-0.39, 0.29) is 18.4 Å². The van der Waals surface area contributed by atoms with Gasteiger partial charge in [-0.05, 0) is 43.9 Å². The van der Waals surface area contributed by atoms with Crippen molar-refractivity contribution in [2.45, 2.75) is 64.3 Å². The minimum absolute atomic E-state index is 0.203. The second-order valence-corrected chi connectivity index (χ2v) is 6.63. The number of benzene rings is 1. The first-order chi connectivity index (χ1) is 11.5. The Morgan fingerprint density at radius 1 is 1.21 bits per heavy atom. The van der Waals surface area contributed by atoms with Gasteiger partial charge in [0, 0.05) is 24.6 Å². The number of carboxylic acid groups (broad SMARTS) is 1. The summed E-state index contributed by atoms with van der Waals surface area (Å²) in [5, 5.41) is 8.64. The van der Waals surface area contributed by atoms with E-state index in [0.29, 0.717) is 6.42 Å². The van der Waals surface area contributed by atoms with Crippen molar-refractivity contribution in [3.63, 3.8) is 0 Å². The van der Waals surface area contributed by atoms with Crippen molar-refractivity contribution in [1.82, 2.24) is 0 Å². The van der Waals surface area contributed by atoms with Gasteiger partial charge in [-0.3, -0.25) is 9.59 Å². The van der Waals surface area contributed by atoms with E-state index < -0.39 is 5.97 Å². The molecule has 1 heterocycles. The van der Waals surface area contributed by atoms with Crippen molar-refractivity contribution in [3.8, 4) is 0 Å². The maximum Gasteiger partial charge on any atom is 0.303 e. The molecule has 4 nitrogen and oxygen atoms in total. The van der Waals surface area contributed by atoms with Gasteiger partial charge in [-0.1, -0.05) is 43.5 Å². The molecule has 130 valence electrons. The highest BCUT2D eigenvalue weighted by Crippen LogP contribution is 2.30. The number of carboxylic acids is 1. The highest BCUT2D eigenvalue weighted by molar-refractivity contribution is 5.96. The minimum atomic E-state index is -0.722. The molecule has 0 radical (unpaired) electrons. The van der Waals surface area contributed by atoms with Crippen LogP contribution in [0.2, 0.25) is 0 Å². The topological polar surface area (TPSA) is 57.6 Å². The third kappa shape index (κ3) is 4.95. The maximum atomic E-state index is 12.3. The number of allylic oxidation sites excluding steroid dienone is 1. The van der Waals surface area contributed by atoms with E-state index in [1.165, 1.54) is 0 Å². The number of amides is 1. The van der Waals surface area contributed by atoms with E-state index in [1.54, 1.807) is 0 Å². The number of carbonyl (C=O) groups excluding carboxylic acids is 1. The zero-order valence-electron chi connectivity index (χ0n) is 14.5. The van der Waals surface area contributed by atoms with E-state index >= 15 is 0 Å². The van der Waals surface area contributed by atoms with Crippen LogP contribution in [0, 0.1) is 0 Å². The standard InChI is InChI=1S/C20H27NO3/c1-15(2)16-9-11-18(12-10-16)21-17(13-14-19(21)22)7-5-3-4-6-8-20(23)24/h9-12,17H,1,3-8,13-14H2,2H3,(H,23,24)/t17-/m1/s1. The molecule has 1 aromatic rings. The summed E-state index contributed by atoms with van der Waals surface area (Å²) in [5.74, 6) is -0.519. The van der Waals surface area contributed by atoms with Gasteiger partial charge in [0.2, 0.25) is 5.91 Å². The van der Waals surface area contributed by atoms with Gasteiger partial charge in [-0.25, -0.2) is 0 Å². The molecule has 0 aliphatic carbocycles. The fourth-order valence-corrected chi connectivity index (χ4v) is 3.29. The van der Waals surface area contributed by atoms with Crippen molar-refractivity contribution in [3.05, 3.63) is 36.4 Å². The molecule has 24 heavy (non-hydrogen) atoms. The summed E-state index contributed by atoms with van der Waals surface area (Å²) < 4.78 is 0. The van der Waals surface area contributed by atoms with E-state index in [0.717, 1.165) is 55.3 Å². The van der Waals surface area contributed by atoms with Crippen LogP contribution in [-0.4, -0.2) is 23.0 Å². The SMILES string of the molecule is C=C(C)c1ccc(N2C(=O)CC[C@H]2CCCCCCC(=O)O)cc1. The molecule has 1 amide bonds. The van der Waals surface area contributed by atoms with Gasteiger partial charge in [-0.2, -0.15) is 0 Å². The second-order valence-electron chi connectivity index (χ2n) is 6.63. The Morgan fingerprint density at radius 2 is 1.88 bits per heavy atom. The van der Waals surface area contributed by atoms with Crippen LogP contribution in [0.25, 0.3) is 5.57 Å². The van der Waals surface area contributed by atoms with Crippen LogP contribution in [0.1, 0.15) is 63.9 Å². The van der Waals surface area contributed by atoms with E-state index in [9.17, 15) is 9.59 Å². The summed E-state index contributed by atoms with van der Waals surface area (Å²) in [6.07, 6.45) is 6.52. The molecule has 0 unspecified atom stereocenters. The number of nitrogens with zero attached hydrogens (tertiary/aromatic N) is 1. The molecule has 1 atom stereocenters. The van der Waals surface area contributed by atoms with E-state index in [2.05, 4.69) is 6.58 Å². The molecule has 1 aromatic carbocycles. The maximum absolute atomic E-state index is 12.3. The number of carbonyl (C=O) groups is 2. The fourth-order valence-electron chi connectivity index (χ4n) is 3.29. The summed E-state index contributed by atoms with van der Waals surface area (Å²) in [4.78, 5) is 24.7. The summed E-state index contributed by atoms with van der Waals surface area (Å²) >= 11 is 0. The van der Waals surface area contributed by atoms with Crippen molar-refractivity contribution in [2.24, 2.45) is 0 Å².